The Bertz CT molecular complexity index is 452. The molecule has 2 aliphatic rings. The Labute approximate surface area is 119 Å². The van der Waals surface area contributed by atoms with Crippen molar-refractivity contribution in [1.29, 1.82) is 0 Å². The van der Waals surface area contributed by atoms with Crippen LogP contribution >= 0.6 is 0 Å². The molecule has 3 atom stereocenters. The van der Waals surface area contributed by atoms with E-state index < -0.39 is 22.2 Å². The molecule has 0 bridgehead atoms. The smallest absolute Gasteiger partial charge is 0.304 e. The fraction of sp³-hybridized carbons (Fsp3) is 0.917. The molecule has 8 heteroatoms. The zero-order valence-corrected chi connectivity index (χ0v) is 12.6. The maximum Gasteiger partial charge on any atom is 0.304 e. The summed E-state index contributed by atoms with van der Waals surface area (Å²) < 4.78 is 34.2. The van der Waals surface area contributed by atoms with Gasteiger partial charge in [-0.15, -0.1) is 0 Å². The molecule has 0 radical (unpaired) electrons. The normalized spacial score (nSPS) is 30.1. The van der Waals surface area contributed by atoms with Crippen LogP contribution in [-0.2, 0) is 19.7 Å². The molecular weight excluding hydrogens is 284 g/mol. The Morgan fingerprint density at radius 3 is 2.35 bits per heavy atom. The molecule has 1 aliphatic heterocycles. The molecule has 7 nitrogen and oxygen atoms in total. The number of rotatable bonds is 6. The van der Waals surface area contributed by atoms with Gasteiger partial charge in [0.1, 0.15) is 0 Å². The van der Waals surface area contributed by atoms with E-state index in [1.165, 1.54) is 4.31 Å². The fourth-order valence-electron chi connectivity index (χ4n) is 2.58. The van der Waals surface area contributed by atoms with Gasteiger partial charge in [0, 0.05) is 19.1 Å². The summed E-state index contributed by atoms with van der Waals surface area (Å²) in [6, 6.07) is -0.508. The van der Waals surface area contributed by atoms with Crippen LogP contribution in [0.3, 0.4) is 0 Å². The van der Waals surface area contributed by atoms with Crippen molar-refractivity contribution in [2.75, 3.05) is 13.1 Å². The Hall–Kier alpha value is -0.700. The lowest BCUT2D eigenvalue weighted by molar-refractivity contribution is -0.137. The number of carboxylic acids is 1. The van der Waals surface area contributed by atoms with Crippen molar-refractivity contribution < 1.29 is 23.1 Å². The van der Waals surface area contributed by atoms with Crippen molar-refractivity contribution in [1.82, 2.24) is 9.03 Å². The Morgan fingerprint density at radius 1 is 1.35 bits per heavy atom. The number of carbonyl (C=O) groups is 1. The predicted octanol–water partition coefficient (Wildman–Crippen LogP) is 0.183. The van der Waals surface area contributed by atoms with Crippen LogP contribution in [0, 0.1) is 5.92 Å². The average molecular weight is 306 g/mol. The number of carboxylic acid groups (broad SMARTS) is 1. The zero-order chi connectivity index (χ0) is 14.9. The lowest BCUT2D eigenvalue weighted by Crippen LogP contribution is -2.54. The molecule has 0 amide bonds. The van der Waals surface area contributed by atoms with Crippen LogP contribution in [0.15, 0.2) is 0 Å². The van der Waals surface area contributed by atoms with Gasteiger partial charge in [-0.3, -0.25) is 4.79 Å². The summed E-state index contributed by atoms with van der Waals surface area (Å²) in [7, 11) is -3.66. The average Bonchev–Trinajstić information content (AvgIpc) is 3.09. The second kappa shape index (κ2) is 5.97. The molecule has 116 valence electrons. The number of ether oxygens (including phenoxy) is 1. The largest absolute Gasteiger partial charge is 0.481 e. The third kappa shape index (κ3) is 4.15. The van der Waals surface area contributed by atoms with Crippen LogP contribution in [0.1, 0.15) is 33.1 Å². The lowest BCUT2D eigenvalue weighted by Gasteiger charge is -2.35. The van der Waals surface area contributed by atoms with E-state index in [2.05, 4.69) is 4.72 Å². The first kappa shape index (κ1) is 15.7. The lowest BCUT2D eigenvalue weighted by atomic mass is 10.1. The van der Waals surface area contributed by atoms with Gasteiger partial charge in [-0.25, -0.2) is 0 Å². The van der Waals surface area contributed by atoms with Crippen molar-refractivity contribution in [3.05, 3.63) is 0 Å². The van der Waals surface area contributed by atoms with Gasteiger partial charge in [0.25, 0.3) is 10.2 Å². The van der Waals surface area contributed by atoms with Gasteiger partial charge in [-0.1, -0.05) is 0 Å². The van der Waals surface area contributed by atoms with E-state index in [9.17, 15) is 13.2 Å². The Kier molecular flexibility index (Phi) is 4.68. The van der Waals surface area contributed by atoms with Gasteiger partial charge in [0.2, 0.25) is 0 Å². The number of hydrogen-bond donors (Lipinski definition) is 2. The van der Waals surface area contributed by atoms with E-state index in [4.69, 9.17) is 9.84 Å². The molecule has 20 heavy (non-hydrogen) atoms. The van der Waals surface area contributed by atoms with Crippen molar-refractivity contribution in [3.63, 3.8) is 0 Å². The third-order valence-corrected chi connectivity index (χ3v) is 5.19. The number of hydrogen-bond acceptors (Lipinski definition) is 4. The number of morpholine rings is 1. The minimum atomic E-state index is -3.66. The van der Waals surface area contributed by atoms with Crippen LogP contribution in [-0.4, -0.2) is 55.1 Å². The third-order valence-electron chi connectivity index (χ3n) is 3.61. The fourth-order valence-corrected chi connectivity index (χ4v) is 4.20. The number of nitrogens with zero attached hydrogens (tertiary/aromatic N) is 1. The highest BCUT2D eigenvalue weighted by Crippen LogP contribution is 2.34. The summed E-state index contributed by atoms with van der Waals surface area (Å²) >= 11 is 0. The monoisotopic (exact) mass is 306 g/mol. The quantitative estimate of drug-likeness (QED) is 0.730. The van der Waals surface area contributed by atoms with E-state index in [1.807, 2.05) is 13.8 Å². The van der Waals surface area contributed by atoms with E-state index in [-0.39, 0.29) is 24.5 Å². The van der Waals surface area contributed by atoms with E-state index in [0.29, 0.717) is 13.1 Å². The van der Waals surface area contributed by atoms with E-state index in [1.54, 1.807) is 0 Å². The van der Waals surface area contributed by atoms with Gasteiger partial charge >= 0.3 is 5.97 Å². The van der Waals surface area contributed by atoms with Crippen molar-refractivity contribution in [2.45, 2.75) is 51.4 Å². The van der Waals surface area contributed by atoms with Crippen LogP contribution < -0.4 is 4.72 Å². The molecule has 2 rings (SSSR count). The molecule has 0 aromatic rings. The first-order valence-electron chi connectivity index (χ1n) is 6.92. The van der Waals surface area contributed by atoms with Crippen LogP contribution in [0.4, 0.5) is 0 Å². The Morgan fingerprint density at radius 2 is 1.90 bits per heavy atom. The zero-order valence-electron chi connectivity index (χ0n) is 11.8. The van der Waals surface area contributed by atoms with E-state index in [0.717, 1.165) is 12.8 Å². The summed E-state index contributed by atoms with van der Waals surface area (Å²) in [6.45, 7) is 4.25. The number of aliphatic carboxylic acids is 1. The molecule has 3 unspecified atom stereocenters. The SMILES string of the molecule is CC1CN(S(=O)(=O)NC(CC(=O)O)C2CC2)CC(C)O1. The maximum atomic E-state index is 12.4. The summed E-state index contributed by atoms with van der Waals surface area (Å²) in [5.41, 5.74) is 0. The maximum absolute atomic E-state index is 12.4. The van der Waals surface area contributed by atoms with Crippen molar-refractivity contribution in [2.24, 2.45) is 5.92 Å². The van der Waals surface area contributed by atoms with Crippen LogP contribution in [0.25, 0.3) is 0 Å². The summed E-state index contributed by atoms with van der Waals surface area (Å²) in [5, 5.41) is 8.88. The molecule has 0 aromatic carbocycles. The van der Waals surface area contributed by atoms with Gasteiger partial charge in [-0.05, 0) is 32.6 Å². The highest BCUT2D eigenvalue weighted by molar-refractivity contribution is 7.87. The minimum Gasteiger partial charge on any atom is -0.481 e. The molecule has 2 fully saturated rings. The molecule has 1 saturated heterocycles. The highest BCUT2D eigenvalue weighted by Gasteiger charge is 2.38. The first-order chi connectivity index (χ1) is 9.28. The second-order valence-electron chi connectivity index (χ2n) is 5.74. The van der Waals surface area contributed by atoms with Gasteiger partial charge in [0.15, 0.2) is 0 Å². The number of nitrogens with one attached hydrogen (secondary N) is 1. The van der Waals surface area contributed by atoms with Crippen LogP contribution in [0.5, 0.6) is 0 Å². The predicted molar refractivity (Wildman–Crippen MR) is 72.4 cm³/mol. The molecule has 1 saturated carbocycles. The molecule has 2 N–H and O–H groups in total. The standard InChI is InChI=1S/C12H22N2O5S/c1-8-6-14(7-9(2)19-8)20(17,18)13-11(5-12(15)16)10-3-4-10/h8-11,13H,3-7H2,1-2H3,(H,15,16). The first-order valence-corrected chi connectivity index (χ1v) is 8.36. The van der Waals surface area contributed by atoms with E-state index >= 15 is 0 Å². The molecule has 0 aromatic heterocycles. The summed E-state index contributed by atoms with van der Waals surface area (Å²) in [5.74, 6) is -0.829. The van der Waals surface area contributed by atoms with Gasteiger partial charge in [0.05, 0.1) is 18.6 Å². The molecule has 1 aliphatic carbocycles. The van der Waals surface area contributed by atoms with Crippen LogP contribution in [0.2, 0.25) is 0 Å². The molecular formula is C12H22N2O5S. The summed E-state index contributed by atoms with van der Waals surface area (Å²) in [4.78, 5) is 10.8. The Balaban J connectivity index is 2.03. The van der Waals surface area contributed by atoms with Crippen molar-refractivity contribution in [3.8, 4) is 0 Å². The molecule has 0 spiro atoms. The minimum absolute atomic E-state index is 0.150. The summed E-state index contributed by atoms with van der Waals surface area (Å²) in [6.07, 6.45) is 1.29. The topological polar surface area (TPSA) is 95.9 Å². The van der Waals surface area contributed by atoms with Gasteiger partial charge < -0.3 is 9.84 Å². The highest BCUT2D eigenvalue weighted by atomic mass is 32.2. The van der Waals surface area contributed by atoms with Crippen molar-refractivity contribution >= 4 is 16.2 Å². The van der Waals surface area contributed by atoms with Gasteiger partial charge in [-0.2, -0.15) is 17.4 Å². The molecule has 1 heterocycles. The second-order valence-corrected chi connectivity index (χ2v) is 7.44.